The number of unbranched alkanes of at least 4 members (excludes halogenated alkanes) is 30. The maximum atomic E-state index is 12.9. The van der Waals surface area contributed by atoms with Gasteiger partial charge in [0.2, 0.25) is 5.91 Å². The van der Waals surface area contributed by atoms with Crippen LogP contribution in [0.2, 0.25) is 0 Å². The highest BCUT2D eigenvalue weighted by atomic mass is 31.2. The summed E-state index contributed by atoms with van der Waals surface area (Å²) in [5.41, 5.74) is 0. The van der Waals surface area contributed by atoms with E-state index >= 15 is 0 Å². The molecule has 0 aromatic rings. The van der Waals surface area contributed by atoms with Crippen LogP contribution in [-0.2, 0) is 18.4 Å². The molecule has 3 unspecified atom stereocenters. The maximum absolute atomic E-state index is 12.9. The summed E-state index contributed by atoms with van der Waals surface area (Å²) >= 11 is 0. The van der Waals surface area contributed by atoms with Crippen LogP contribution in [0.15, 0.2) is 36.5 Å². The third-order valence-corrected chi connectivity index (χ3v) is 13.1. The van der Waals surface area contributed by atoms with Crippen LogP contribution in [0.25, 0.3) is 0 Å². The van der Waals surface area contributed by atoms with E-state index in [4.69, 9.17) is 9.05 Å². The van der Waals surface area contributed by atoms with E-state index in [0.29, 0.717) is 23.9 Å². The van der Waals surface area contributed by atoms with Crippen LogP contribution >= 0.6 is 7.82 Å². The predicted molar refractivity (Wildman–Crippen MR) is 270 cm³/mol. The van der Waals surface area contributed by atoms with Crippen molar-refractivity contribution in [3.05, 3.63) is 36.5 Å². The average Bonchev–Trinajstić information content (AvgIpc) is 3.24. The summed E-state index contributed by atoms with van der Waals surface area (Å²) in [5, 5.41) is 14.0. The molecule has 0 radical (unpaired) electrons. The monoisotopic (exact) mass is 909 g/mol. The molecule has 2 N–H and O–H groups in total. The molecule has 1 amide bonds. The summed E-state index contributed by atoms with van der Waals surface area (Å²) < 4.78 is 23.4. The molecule has 372 valence electrons. The van der Waals surface area contributed by atoms with E-state index in [1.807, 2.05) is 21.1 Å². The Balaban J connectivity index is 4.16. The maximum Gasteiger partial charge on any atom is 0.268 e. The van der Waals surface area contributed by atoms with Crippen LogP contribution in [0.1, 0.15) is 251 Å². The van der Waals surface area contributed by atoms with Gasteiger partial charge in [-0.3, -0.25) is 9.36 Å². The van der Waals surface area contributed by atoms with Gasteiger partial charge >= 0.3 is 0 Å². The number of rotatable bonds is 49. The molecule has 0 bridgehead atoms. The number of nitrogens with one attached hydrogen (secondary N) is 1. The molecular formula is C54H105N2O6P. The van der Waals surface area contributed by atoms with Crippen molar-refractivity contribution in [3.63, 3.8) is 0 Å². The van der Waals surface area contributed by atoms with Crippen molar-refractivity contribution >= 4 is 13.7 Å². The van der Waals surface area contributed by atoms with Crippen LogP contribution < -0.4 is 10.2 Å². The highest BCUT2D eigenvalue weighted by Gasteiger charge is 2.24. The molecule has 0 aliphatic rings. The Morgan fingerprint density at radius 2 is 0.968 bits per heavy atom. The fourth-order valence-corrected chi connectivity index (χ4v) is 8.66. The van der Waals surface area contributed by atoms with E-state index in [9.17, 15) is 19.4 Å². The molecule has 0 rings (SSSR count). The van der Waals surface area contributed by atoms with E-state index in [2.05, 4.69) is 55.6 Å². The number of nitrogens with zero attached hydrogens (tertiary/aromatic N) is 1. The quantitative estimate of drug-likeness (QED) is 0.0272. The lowest BCUT2D eigenvalue weighted by Gasteiger charge is -2.30. The van der Waals surface area contributed by atoms with Gasteiger partial charge in [0.05, 0.1) is 39.9 Å². The number of carbonyl (C=O) groups is 1. The number of aliphatic hydroxyl groups is 1. The van der Waals surface area contributed by atoms with Gasteiger partial charge in [-0.1, -0.05) is 237 Å². The molecular weight excluding hydrogens is 804 g/mol. The van der Waals surface area contributed by atoms with Crippen molar-refractivity contribution < 1.29 is 32.9 Å². The van der Waals surface area contributed by atoms with E-state index in [-0.39, 0.29) is 19.1 Å². The van der Waals surface area contributed by atoms with Gasteiger partial charge in [0.1, 0.15) is 13.2 Å². The van der Waals surface area contributed by atoms with E-state index in [1.165, 1.54) is 148 Å². The molecule has 0 heterocycles. The smallest absolute Gasteiger partial charge is 0.268 e. The molecule has 63 heavy (non-hydrogen) atoms. The first kappa shape index (κ1) is 61.7. The second-order valence-electron chi connectivity index (χ2n) is 19.6. The van der Waals surface area contributed by atoms with Gasteiger partial charge in [0, 0.05) is 6.42 Å². The van der Waals surface area contributed by atoms with E-state index in [1.54, 1.807) is 0 Å². The Bertz CT molecular complexity index is 1120. The molecule has 0 saturated heterocycles. The summed E-state index contributed by atoms with van der Waals surface area (Å²) in [6.07, 6.45) is 57.5. The number of quaternary nitrogens is 1. The van der Waals surface area contributed by atoms with Gasteiger partial charge in [-0.05, 0) is 44.9 Å². The summed E-state index contributed by atoms with van der Waals surface area (Å²) in [7, 11) is 1.29. The number of hydrogen-bond acceptors (Lipinski definition) is 6. The molecule has 0 aliphatic heterocycles. The van der Waals surface area contributed by atoms with Crippen molar-refractivity contribution in [2.75, 3.05) is 40.9 Å². The van der Waals surface area contributed by atoms with Crippen molar-refractivity contribution in [2.24, 2.45) is 0 Å². The zero-order valence-corrected chi connectivity index (χ0v) is 43.2. The summed E-state index contributed by atoms with van der Waals surface area (Å²) in [6, 6.07) is -0.810. The number of allylic oxidation sites excluding steroid dienone is 6. The minimum Gasteiger partial charge on any atom is -0.756 e. The fraction of sp³-hybridized carbons (Fsp3) is 0.870. The van der Waals surface area contributed by atoms with E-state index < -0.39 is 20.0 Å². The average molecular weight is 909 g/mol. The van der Waals surface area contributed by atoms with Crippen molar-refractivity contribution in [1.29, 1.82) is 0 Å². The predicted octanol–water partition coefficient (Wildman–Crippen LogP) is 15.2. The number of carbonyl (C=O) groups excluding carboxylic acids is 1. The molecule has 8 nitrogen and oxygen atoms in total. The van der Waals surface area contributed by atoms with Crippen molar-refractivity contribution in [1.82, 2.24) is 5.32 Å². The number of aliphatic hydroxyl groups excluding tert-OH is 1. The topological polar surface area (TPSA) is 108 Å². The standard InChI is InChI=1S/C54H105N2O6P/c1-6-8-10-12-14-16-18-20-22-23-24-25-26-27-28-29-30-31-32-34-35-37-39-41-43-45-47-53(57)52(51-62-63(59,60)61-50-49-56(3,4)5)55-54(58)48-46-44-42-40-38-36-33-21-19-17-15-13-11-9-7-2/h9,11,15,17,21,33,52-53,57H,6-8,10,12-14,16,18-20,22-32,34-51H2,1-5H3,(H-,55,58,59,60)/b11-9-,17-15-,33-21-. The molecule has 3 atom stereocenters. The molecule has 0 spiro atoms. The highest BCUT2D eigenvalue weighted by molar-refractivity contribution is 7.45. The Kier molecular flexibility index (Phi) is 44.9. The minimum atomic E-state index is -4.57. The van der Waals surface area contributed by atoms with Gasteiger partial charge in [-0.2, -0.15) is 0 Å². The largest absolute Gasteiger partial charge is 0.756 e. The zero-order valence-electron chi connectivity index (χ0n) is 42.3. The summed E-state index contributed by atoms with van der Waals surface area (Å²) in [5.74, 6) is -0.180. The third kappa shape index (κ3) is 48.5. The normalized spacial score (nSPS) is 14.3. The second-order valence-corrected chi connectivity index (χ2v) is 21.0. The van der Waals surface area contributed by atoms with Crippen LogP contribution in [0.4, 0.5) is 0 Å². The van der Waals surface area contributed by atoms with Crippen LogP contribution in [0.3, 0.4) is 0 Å². The van der Waals surface area contributed by atoms with Crippen LogP contribution in [-0.4, -0.2) is 68.5 Å². The van der Waals surface area contributed by atoms with E-state index in [0.717, 1.165) is 77.0 Å². The number of phosphoric acid groups is 1. The summed E-state index contributed by atoms with van der Waals surface area (Å²) in [6.45, 7) is 4.62. The van der Waals surface area contributed by atoms with Gasteiger partial charge in [-0.15, -0.1) is 0 Å². The minimum absolute atomic E-state index is 0.00821. The molecule has 0 fully saturated rings. The lowest BCUT2D eigenvalue weighted by Crippen LogP contribution is -2.46. The third-order valence-electron chi connectivity index (χ3n) is 12.1. The SMILES string of the molecule is CC/C=C\C/C=C\C/C=C\CCCCCCCC(=O)NC(COP(=O)([O-])OCC[N+](C)(C)C)C(O)CCCCCCCCCCCCCCCCCCCCCCCCCCCC. The highest BCUT2D eigenvalue weighted by Crippen LogP contribution is 2.38. The molecule has 0 aromatic carbocycles. The van der Waals surface area contributed by atoms with Crippen LogP contribution in [0.5, 0.6) is 0 Å². The lowest BCUT2D eigenvalue weighted by molar-refractivity contribution is -0.870. The molecule has 0 saturated carbocycles. The first-order valence-electron chi connectivity index (χ1n) is 26.8. The Labute approximate surface area is 391 Å². The number of amides is 1. The number of likely N-dealkylation sites (N-methyl/N-ethyl adjacent to an activating group) is 1. The lowest BCUT2D eigenvalue weighted by atomic mass is 10.0. The molecule has 0 aromatic heterocycles. The first-order chi connectivity index (χ1) is 30.5. The Morgan fingerprint density at radius 3 is 1.41 bits per heavy atom. The second kappa shape index (κ2) is 45.9. The molecule has 9 heteroatoms. The number of hydrogen-bond donors (Lipinski definition) is 2. The van der Waals surface area contributed by atoms with Gasteiger partial charge in [0.25, 0.3) is 7.82 Å². The Morgan fingerprint density at radius 1 is 0.571 bits per heavy atom. The van der Waals surface area contributed by atoms with Gasteiger partial charge in [-0.25, -0.2) is 0 Å². The van der Waals surface area contributed by atoms with Gasteiger partial charge in [0.15, 0.2) is 0 Å². The first-order valence-corrected chi connectivity index (χ1v) is 28.3. The van der Waals surface area contributed by atoms with Crippen molar-refractivity contribution in [3.8, 4) is 0 Å². The van der Waals surface area contributed by atoms with Crippen LogP contribution in [0, 0.1) is 0 Å². The zero-order chi connectivity index (χ0) is 46.4. The summed E-state index contributed by atoms with van der Waals surface area (Å²) in [4.78, 5) is 25.4. The fourth-order valence-electron chi connectivity index (χ4n) is 7.94. The van der Waals surface area contributed by atoms with Crippen molar-refractivity contribution in [2.45, 2.75) is 264 Å². The number of phosphoric ester groups is 1. The Hall–Kier alpha value is -1.28. The molecule has 0 aliphatic carbocycles. The van der Waals surface area contributed by atoms with Gasteiger partial charge < -0.3 is 28.8 Å².